The third kappa shape index (κ3) is 5.77. The predicted octanol–water partition coefficient (Wildman–Crippen LogP) is 5.35. The van der Waals surface area contributed by atoms with Crippen molar-refractivity contribution in [1.29, 1.82) is 0 Å². The SMILES string of the molecule is CC1(C)C[C@H]([C@H](CCCNCc2ccc3c(c2)OCO3)Cc2ccccc2)CCO1. The molecule has 4 heteroatoms. The molecule has 0 bridgehead atoms. The molecule has 162 valence electrons. The maximum Gasteiger partial charge on any atom is 0.231 e. The van der Waals surface area contributed by atoms with Crippen LogP contribution in [0.5, 0.6) is 11.5 Å². The molecule has 0 spiro atoms. The van der Waals surface area contributed by atoms with Gasteiger partial charge in [-0.2, -0.15) is 0 Å². The van der Waals surface area contributed by atoms with Gasteiger partial charge < -0.3 is 19.5 Å². The topological polar surface area (TPSA) is 39.7 Å². The molecular weight excluding hydrogens is 374 g/mol. The Morgan fingerprint density at radius 1 is 1.03 bits per heavy atom. The summed E-state index contributed by atoms with van der Waals surface area (Å²) in [6, 6.07) is 17.2. The molecule has 2 aliphatic heterocycles. The largest absolute Gasteiger partial charge is 0.454 e. The van der Waals surface area contributed by atoms with E-state index in [2.05, 4.69) is 61.6 Å². The Hall–Kier alpha value is -2.04. The third-order valence-electron chi connectivity index (χ3n) is 6.44. The quantitative estimate of drug-likeness (QED) is 0.567. The summed E-state index contributed by atoms with van der Waals surface area (Å²) in [5.74, 6) is 3.16. The lowest BCUT2D eigenvalue weighted by Crippen LogP contribution is -2.37. The Kier molecular flexibility index (Phi) is 6.96. The van der Waals surface area contributed by atoms with Gasteiger partial charge in [-0.3, -0.25) is 0 Å². The van der Waals surface area contributed by atoms with Crippen LogP contribution in [-0.2, 0) is 17.7 Å². The molecule has 0 aliphatic carbocycles. The lowest BCUT2D eigenvalue weighted by molar-refractivity contribution is -0.0832. The maximum atomic E-state index is 5.99. The summed E-state index contributed by atoms with van der Waals surface area (Å²) in [6.07, 6.45) is 5.97. The Balaban J connectivity index is 1.28. The molecular formula is C26H35NO3. The Morgan fingerprint density at radius 2 is 1.87 bits per heavy atom. The monoisotopic (exact) mass is 409 g/mol. The summed E-state index contributed by atoms with van der Waals surface area (Å²) >= 11 is 0. The van der Waals surface area contributed by atoms with Crippen LogP contribution >= 0.6 is 0 Å². The van der Waals surface area contributed by atoms with Crippen molar-refractivity contribution in [3.8, 4) is 11.5 Å². The highest BCUT2D eigenvalue weighted by molar-refractivity contribution is 5.44. The molecule has 1 fully saturated rings. The summed E-state index contributed by atoms with van der Waals surface area (Å²) in [7, 11) is 0. The molecule has 2 heterocycles. The van der Waals surface area contributed by atoms with E-state index in [0.717, 1.165) is 43.5 Å². The van der Waals surface area contributed by atoms with Crippen molar-refractivity contribution in [1.82, 2.24) is 5.32 Å². The first kappa shape index (κ1) is 21.2. The van der Waals surface area contributed by atoms with E-state index in [0.29, 0.717) is 12.7 Å². The lowest BCUT2D eigenvalue weighted by Gasteiger charge is -2.39. The number of benzene rings is 2. The molecule has 4 rings (SSSR count). The number of hydrogen-bond acceptors (Lipinski definition) is 4. The van der Waals surface area contributed by atoms with E-state index in [1.165, 1.54) is 36.8 Å². The fraction of sp³-hybridized carbons (Fsp3) is 0.538. The van der Waals surface area contributed by atoms with E-state index < -0.39 is 0 Å². The van der Waals surface area contributed by atoms with Crippen LogP contribution in [0.4, 0.5) is 0 Å². The van der Waals surface area contributed by atoms with Crippen LogP contribution in [0.1, 0.15) is 50.7 Å². The van der Waals surface area contributed by atoms with Gasteiger partial charge in [-0.25, -0.2) is 0 Å². The van der Waals surface area contributed by atoms with Gasteiger partial charge in [-0.1, -0.05) is 36.4 Å². The van der Waals surface area contributed by atoms with Crippen LogP contribution in [0.25, 0.3) is 0 Å². The molecule has 30 heavy (non-hydrogen) atoms. The highest BCUT2D eigenvalue weighted by atomic mass is 16.7. The van der Waals surface area contributed by atoms with Gasteiger partial charge in [0.15, 0.2) is 11.5 Å². The van der Waals surface area contributed by atoms with Crippen molar-refractivity contribution in [2.24, 2.45) is 11.8 Å². The zero-order chi connectivity index (χ0) is 20.8. The Bertz CT molecular complexity index is 805. The molecule has 1 N–H and O–H groups in total. The van der Waals surface area contributed by atoms with Gasteiger partial charge in [-0.05, 0) is 87.6 Å². The van der Waals surface area contributed by atoms with Crippen LogP contribution in [0.2, 0.25) is 0 Å². The first-order valence-corrected chi connectivity index (χ1v) is 11.4. The van der Waals surface area contributed by atoms with Gasteiger partial charge in [0.2, 0.25) is 6.79 Å². The molecule has 2 atom stereocenters. The van der Waals surface area contributed by atoms with Crippen molar-refractivity contribution < 1.29 is 14.2 Å². The van der Waals surface area contributed by atoms with Gasteiger partial charge in [0.25, 0.3) is 0 Å². The number of fused-ring (bicyclic) bond motifs is 1. The highest BCUT2D eigenvalue weighted by Gasteiger charge is 2.33. The smallest absolute Gasteiger partial charge is 0.231 e. The van der Waals surface area contributed by atoms with E-state index in [4.69, 9.17) is 14.2 Å². The molecule has 2 aromatic rings. The maximum absolute atomic E-state index is 5.99. The van der Waals surface area contributed by atoms with Gasteiger partial charge in [0.1, 0.15) is 0 Å². The molecule has 2 aliphatic rings. The summed E-state index contributed by atoms with van der Waals surface area (Å²) < 4.78 is 16.9. The first-order valence-electron chi connectivity index (χ1n) is 11.4. The summed E-state index contributed by atoms with van der Waals surface area (Å²) in [5.41, 5.74) is 2.71. The number of hydrogen-bond donors (Lipinski definition) is 1. The van der Waals surface area contributed by atoms with E-state index in [-0.39, 0.29) is 5.60 Å². The molecule has 1 saturated heterocycles. The highest BCUT2D eigenvalue weighted by Crippen LogP contribution is 2.37. The predicted molar refractivity (Wildman–Crippen MR) is 120 cm³/mol. The van der Waals surface area contributed by atoms with Gasteiger partial charge >= 0.3 is 0 Å². The average Bonchev–Trinajstić information content (AvgIpc) is 3.20. The fourth-order valence-electron chi connectivity index (χ4n) is 4.88. The average molecular weight is 410 g/mol. The van der Waals surface area contributed by atoms with Crippen LogP contribution in [0.15, 0.2) is 48.5 Å². The number of ether oxygens (including phenoxy) is 3. The van der Waals surface area contributed by atoms with Crippen LogP contribution < -0.4 is 14.8 Å². The first-order chi connectivity index (χ1) is 14.6. The summed E-state index contributed by atoms with van der Waals surface area (Å²) in [6.45, 7) is 7.61. The standard InChI is InChI=1S/C26H35NO3/c1-26(2)17-23(12-14-30-26)22(15-20-7-4-3-5-8-20)9-6-13-27-18-21-10-11-24-25(16-21)29-19-28-24/h3-5,7-8,10-11,16,22-23,27H,6,9,12-15,17-19H2,1-2H3/t22-,23-/m1/s1. The zero-order valence-corrected chi connectivity index (χ0v) is 18.4. The normalized spacial score (nSPS) is 20.8. The summed E-state index contributed by atoms with van der Waals surface area (Å²) in [4.78, 5) is 0. The molecule has 0 aromatic heterocycles. The van der Waals surface area contributed by atoms with E-state index in [9.17, 15) is 0 Å². The number of nitrogens with one attached hydrogen (secondary N) is 1. The van der Waals surface area contributed by atoms with Crippen molar-refractivity contribution in [2.45, 2.75) is 58.1 Å². The van der Waals surface area contributed by atoms with E-state index in [1.54, 1.807) is 0 Å². The fourth-order valence-corrected chi connectivity index (χ4v) is 4.88. The second-order valence-corrected chi connectivity index (χ2v) is 9.32. The molecule has 4 nitrogen and oxygen atoms in total. The van der Waals surface area contributed by atoms with Gasteiger partial charge in [0, 0.05) is 13.2 Å². The third-order valence-corrected chi connectivity index (χ3v) is 6.44. The Morgan fingerprint density at radius 3 is 2.70 bits per heavy atom. The minimum Gasteiger partial charge on any atom is -0.454 e. The Labute approximate surface area is 180 Å². The van der Waals surface area contributed by atoms with Crippen molar-refractivity contribution >= 4 is 0 Å². The zero-order valence-electron chi connectivity index (χ0n) is 18.4. The molecule has 0 radical (unpaired) electrons. The number of rotatable bonds is 9. The van der Waals surface area contributed by atoms with Crippen molar-refractivity contribution in [2.75, 3.05) is 19.9 Å². The molecule has 0 saturated carbocycles. The van der Waals surface area contributed by atoms with Crippen molar-refractivity contribution in [3.63, 3.8) is 0 Å². The van der Waals surface area contributed by atoms with Crippen molar-refractivity contribution in [3.05, 3.63) is 59.7 Å². The second-order valence-electron chi connectivity index (χ2n) is 9.32. The molecule has 0 unspecified atom stereocenters. The minimum absolute atomic E-state index is 0.00938. The summed E-state index contributed by atoms with van der Waals surface area (Å²) in [5, 5.41) is 3.61. The van der Waals surface area contributed by atoms with Gasteiger partial charge in [-0.15, -0.1) is 0 Å². The van der Waals surface area contributed by atoms with Crippen LogP contribution in [-0.4, -0.2) is 25.5 Å². The van der Waals surface area contributed by atoms with Gasteiger partial charge in [0.05, 0.1) is 5.60 Å². The molecule has 0 amide bonds. The van der Waals surface area contributed by atoms with E-state index >= 15 is 0 Å². The second kappa shape index (κ2) is 9.84. The molecule has 2 aromatic carbocycles. The minimum atomic E-state index is 0.00938. The van der Waals surface area contributed by atoms with E-state index in [1.807, 2.05) is 6.07 Å². The van der Waals surface area contributed by atoms with Crippen LogP contribution in [0, 0.1) is 11.8 Å². The van der Waals surface area contributed by atoms with Crippen LogP contribution in [0.3, 0.4) is 0 Å². The lowest BCUT2D eigenvalue weighted by atomic mass is 9.75.